The van der Waals surface area contributed by atoms with Gasteiger partial charge in [0.05, 0.1) is 38.6 Å². The van der Waals surface area contributed by atoms with Crippen molar-refractivity contribution in [2.24, 2.45) is 0 Å². The standard InChI is InChI=1S/C26H24N4O5/c1-16-22(25-28-24(29-35-25)18-11-12-20(32-2)21(14-18)33-3)23(17-8-5-4-6-9-17)27-26(31)30(16)15-19-10-7-13-34-19/h4-14,23H,15H2,1-3H3,(H,27,31). The summed E-state index contributed by atoms with van der Waals surface area (Å²) in [5.74, 6) is 2.52. The predicted octanol–water partition coefficient (Wildman–Crippen LogP) is 5.04. The van der Waals surface area contributed by atoms with Gasteiger partial charge in [-0.3, -0.25) is 4.90 Å². The minimum atomic E-state index is -0.463. The average molecular weight is 473 g/mol. The lowest BCUT2D eigenvalue weighted by molar-refractivity contribution is 0.199. The molecule has 9 heteroatoms. The molecule has 1 N–H and O–H groups in total. The predicted molar refractivity (Wildman–Crippen MR) is 127 cm³/mol. The van der Waals surface area contributed by atoms with Crippen molar-refractivity contribution in [2.45, 2.75) is 19.5 Å². The molecule has 5 rings (SSSR count). The van der Waals surface area contributed by atoms with Crippen LogP contribution in [0.4, 0.5) is 4.79 Å². The van der Waals surface area contributed by atoms with E-state index in [0.29, 0.717) is 45.8 Å². The van der Waals surface area contributed by atoms with E-state index < -0.39 is 6.04 Å². The maximum Gasteiger partial charge on any atom is 0.322 e. The fourth-order valence-corrected chi connectivity index (χ4v) is 4.13. The average Bonchev–Trinajstić information content (AvgIpc) is 3.59. The Balaban J connectivity index is 1.58. The number of hydrogen-bond donors (Lipinski definition) is 1. The summed E-state index contributed by atoms with van der Waals surface area (Å²) in [6.07, 6.45) is 1.58. The number of aromatic nitrogens is 2. The van der Waals surface area contributed by atoms with E-state index in [4.69, 9.17) is 18.4 Å². The highest BCUT2D eigenvalue weighted by molar-refractivity contribution is 5.86. The molecule has 0 radical (unpaired) electrons. The lowest BCUT2D eigenvalue weighted by Crippen LogP contribution is -2.45. The molecule has 0 saturated heterocycles. The second-order valence-electron chi connectivity index (χ2n) is 7.95. The summed E-state index contributed by atoms with van der Waals surface area (Å²) in [6.45, 7) is 2.14. The van der Waals surface area contributed by atoms with Crippen molar-refractivity contribution in [1.82, 2.24) is 20.4 Å². The van der Waals surface area contributed by atoms with E-state index in [9.17, 15) is 4.79 Å². The van der Waals surface area contributed by atoms with Crippen LogP contribution in [0.15, 0.2) is 81.6 Å². The van der Waals surface area contributed by atoms with Crippen LogP contribution >= 0.6 is 0 Å². The largest absolute Gasteiger partial charge is 0.493 e. The highest BCUT2D eigenvalue weighted by Crippen LogP contribution is 2.38. The molecule has 3 heterocycles. The Morgan fingerprint density at radius 2 is 1.83 bits per heavy atom. The monoisotopic (exact) mass is 472 g/mol. The van der Waals surface area contributed by atoms with Crippen LogP contribution in [0.2, 0.25) is 0 Å². The van der Waals surface area contributed by atoms with Crippen molar-refractivity contribution in [3.05, 3.63) is 89.8 Å². The molecule has 1 aliphatic rings. The number of nitrogens with one attached hydrogen (secondary N) is 1. The van der Waals surface area contributed by atoms with Crippen LogP contribution in [0.1, 0.15) is 30.2 Å². The number of ether oxygens (including phenoxy) is 2. The first-order valence-electron chi connectivity index (χ1n) is 11.0. The third kappa shape index (κ3) is 4.23. The molecular formula is C26H24N4O5. The molecule has 0 saturated carbocycles. The van der Waals surface area contributed by atoms with Gasteiger partial charge in [-0.25, -0.2) is 4.79 Å². The van der Waals surface area contributed by atoms with Gasteiger partial charge in [-0.05, 0) is 42.8 Å². The quantitative estimate of drug-likeness (QED) is 0.402. The zero-order valence-corrected chi connectivity index (χ0v) is 19.5. The molecule has 2 aromatic heterocycles. The summed E-state index contributed by atoms with van der Waals surface area (Å²) < 4.78 is 21.9. The van der Waals surface area contributed by atoms with Gasteiger partial charge in [-0.15, -0.1) is 0 Å². The zero-order chi connectivity index (χ0) is 24.4. The fourth-order valence-electron chi connectivity index (χ4n) is 4.13. The Morgan fingerprint density at radius 1 is 1.03 bits per heavy atom. The summed E-state index contributed by atoms with van der Waals surface area (Å²) in [6, 6.07) is 18.0. The van der Waals surface area contributed by atoms with Crippen LogP contribution in [0, 0.1) is 0 Å². The van der Waals surface area contributed by atoms with Crippen molar-refractivity contribution < 1.29 is 23.2 Å². The van der Waals surface area contributed by atoms with Gasteiger partial charge in [-0.1, -0.05) is 35.5 Å². The van der Waals surface area contributed by atoms with Crippen LogP contribution in [-0.2, 0) is 6.54 Å². The van der Waals surface area contributed by atoms with Gasteiger partial charge in [0.1, 0.15) is 5.76 Å². The SMILES string of the molecule is COc1ccc(-c2noc(C3=C(C)N(Cc4ccco4)C(=O)NC3c3ccccc3)n2)cc1OC. The molecule has 9 nitrogen and oxygen atoms in total. The molecule has 0 spiro atoms. The number of hydrogen-bond acceptors (Lipinski definition) is 7. The van der Waals surface area contributed by atoms with Gasteiger partial charge in [0.15, 0.2) is 11.5 Å². The number of methoxy groups -OCH3 is 2. The first-order chi connectivity index (χ1) is 17.1. The molecule has 0 aliphatic carbocycles. The Morgan fingerprint density at radius 3 is 2.54 bits per heavy atom. The van der Waals surface area contributed by atoms with Gasteiger partial charge in [0.2, 0.25) is 5.82 Å². The van der Waals surface area contributed by atoms with Crippen molar-refractivity contribution >= 4 is 11.6 Å². The lowest BCUT2D eigenvalue weighted by atomic mass is 9.94. The minimum Gasteiger partial charge on any atom is -0.493 e. The Hall–Kier alpha value is -4.53. The molecule has 1 unspecified atom stereocenters. The molecule has 1 aliphatic heterocycles. The van der Waals surface area contributed by atoms with Crippen molar-refractivity contribution in [1.29, 1.82) is 0 Å². The second kappa shape index (κ2) is 9.38. The number of nitrogens with zero attached hydrogens (tertiary/aromatic N) is 3. The van der Waals surface area contributed by atoms with Crippen molar-refractivity contribution in [2.75, 3.05) is 14.2 Å². The molecule has 2 amide bonds. The van der Waals surface area contributed by atoms with E-state index >= 15 is 0 Å². The fraction of sp³-hybridized carbons (Fsp3) is 0.192. The number of furan rings is 1. The van der Waals surface area contributed by atoms with Crippen molar-refractivity contribution in [3.63, 3.8) is 0 Å². The maximum atomic E-state index is 13.1. The van der Waals surface area contributed by atoms with Gasteiger partial charge < -0.3 is 23.7 Å². The number of carbonyl (C=O) groups is 1. The van der Waals surface area contributed by atoms with E-state index in [1.165, 1.54) is 0 Å². The second-order valence-corrected chi connectivity index (χ2v) is 7.95. The number of carbonyl (C=O) groups excluding carboxylic acids is 1. The van der Waals surface area contributed by atoms with E-state index in [0.717, 1.165) is 5.56 Å². The van der Waals surface area contributed by atoms with Crippen LogP contribution in [0.3, 0.4) is 0 Å². The number of benzene rings is 2. The molecular weight excluding hydrogens is 448 g/mol. The lowest BCUT2D eigenvalue weighted by Gasteiger charge is -2.34. The van der Waals surface area contributed by atoms with Gasteiger partial charge in [0.25, 0.3) is 5.89 Å². The first-order valence-corrected chi connectivity index (χ1v) is 11.0. The number of allylic oxidation sites excluding steroid dienone is 1. The summed E-state index contributed by atoms with van der Waals surface area (Å²) in [4.78, 5) is 19.4. The van der Waals surface area contributed by atoms with Gasteiger partial charge in [0, 0.05) is 11.3 Å². The summed E-state index contributed by atoms with van der Waals surface area (Å²) >= 11 is 0. The van der Waals surface area contributed by atoms with Crippen LogP contribution < -0.4 is 14.8 Å². The molecule has 35 heavy (non-hydrogen) atoms. The molecule has 2 aromatic carbocycles. The zero-order valence-electron chi connectivity index (χ0n) is 19.5. The molecule has 1 atom stereocenters. The Kier molecular flexibility index (Phi) is 5.97. The third-order valence-corrected chi connectivity index (χ3v) is 5.92. The summed E-state index contributed by atoms with van der Waals surface area (Å²) in [7, 11) is 3.15. The normalized spacial score (nSPS) is 15.8. The first kappa shape index (κ1) is 22.3. The van der Waals surface area contributed by atoms with E-state index in [2.05, 4.69) is 15.5 Å². The number of rotatable bonds is 7. The van der Waals surface area contributed by atoms with E-state index in [1.807, 2.05) is 49.4 Å². The van der Waals surface area contributed by atoms with E-state index in [-0.39, 0.29) is 12.6 Å². The van der Waals surface area contributed by atoms with Crippen LogP contribution in [0.25, 0.3) is 17.0 Å². The summed E-state index contributed by atoms with van der Waals surface area (Å²) in [5.41, 5.74) is 3.02. The summed E-state index contributed by atoms with van der Waals surface area (Å²) in [5, 5.41) is 7.29. The van der Waals surface area contributed by atoms with Crippen LogP contribution in [0.5, 0.6) is 11.5 Å². The van der Waals surface area contributed by atoms with Crippen LogP contribution in [-0.4, -0.2) is 35.3 Å². The highest BCUT2D eigenvalue weighted by Gasteiger charge is 2.36. The molecule has 0 bridgehead atoms. The van der Waals surface area contributed by atoms with E-state index in [1.54, 1.807) is 43.6 Å². The molecule has 4 aromatic rings. The topological polar surface area (TPSA) is 103 Å². The number of urea groups is 1. The van der Waals surface area contributed by atoms with Gasteiger partial charge >= 0.3 is 6.03 Å². The third-order valence-electron chi connectivity index (χ3n) is 5.92. The maximum absolute atomic E-state index is 13.1. The Bertz CT molecular complexity index is 1360. The smallest absolute Gasteiger partial charge is 0.322 e. The van der Waals surface area contributed by atoms with Gasteiger partial charge in [-0.2, -0.15) is 4.98 Å². The highest BCUT2D eigenvalue weighted by atomic mass is 16.5. The van der Waals surface area contributed by atoms with Crippen molar-refractivity contribution in [3.8, 4) is 22.9 Å². The molecule has 0 fully saturated rings. The Labute approximate surface area is 202 Å². The molecule has 178 valence electrons. The minimum absolute atomic E-state index is 0.240. The number of amides is 2.